The van der Waals surface area contributed by atoms with Crippen molar-refractivity contribution in [2.45, 2.75) is 32.0 Å². The third-order valence-corrected chi connectivity index (χ3v) is 5.99. The first-order chi connectivity index (χ1) is 18.1. The van der Waals surface area contributed by atoms with Crippen molar-refractivity contribution in [3.05, 3.63) is 65.2 Å². The third kappa shape index (κ3) is 6.49. The Morgan fingerprint density at radius 2 is 1.74 bits per heavy atom. The van der Waals surface area contributed by atoms with E-state index in [1.807, 2.05) is 0 Å². The van der Waals surface area contributed by atoms with E-state index in [1.165, 1.54) is 0 Å². The van der Waals surface area contributed by atoms with E-state index in [4.69, 9.17) is 0 Å². The fourth-order valence-corrected chi connectivity index (χ4v) is 4.04. The van der Waals surface area contributed by atoms with Gasteiger partial charge in [-0.3, -0.25) is 14.7 Å². The molecule has 4 amide bonds. The van der Waals surface area contributed by atoms with Gasteiger partial charge in [-0.05, 0) is 38.0 Å². The molecule has 0 atom stereocenters. The van der Waals surface area contributed by atoms with Gasteiger partial charge in [-0.15, -0.1) is 0 Å². The van der Waals surface area contributed by atoms with Gasteiger partial charge in [-0.2, -0.15) is 23.4 Å². The Morgan fingerprint density at radius 1 is 1.05 bits per heavy atom. The number of nitrogens with zero attached hydrogens (tertiary/aromatic N) is 4. The summed E-state index contributed by atoms with van der Waals surface area (Å²) in [6, 6.07) is 9.34. The molecule has 1 aliphatic rings. The maximum atomic E-state index is 13.5. The van der Waals surface area contributed by atoms with E-state index in [0.717, 1.165) is 16.6 Å². The Labute approximate surface area is 215 Å². The van der Waals surface area contributed by atoms with Crippen LogP contribution < -0.4 is 16.0 Å². The lowest BCUT2D eigenvalue weighted by Gasteiger charge is -2.32. The van der Waals surface area contributed by atoms with E-state index in [2.05, 4.69) is 31.2 Å². The van der Waals surface area contributed by atoms with Gasteiger partial charge < -0.3 is 20.9 Å². The number of hydrogen-bond donors (Lipinski definition) is 4. The zero-order chi connectivity index (χ0) is 27.3. The molecule has 38 heavy (non-hydrogen) atoms. The number of rotatable bonds is 7. The van der Waals surface area contributed by atoms with Gasteiger partial charge in [0.15, 0.2) is 5.69 Å². The first kappa shape index (κ1) is 26.7. The van der Waals surface area contributed by atoms with Crippen LogP contribution in [0.15, 0.2) is 42.6 Å². The Balaban J connectivity index is 1.22. The number of urea groups is 1. The fourth-order valence-electron chi connectivity index (χ4n) is 4.04. The maximum Gasteiger partial charge on any atom is 0.435 e. The summed E-state index contributed by atoms with van der Waals surface area (Å²) in [7, 11) is 0. The Morgan fingerprint density at radius 3 is 2.37 bits per heavy atom. The van der Waals surface area contributed by atoms with E-state index < -0.39 is 23.3 Å². The van der Waals surface area contributed by atoms with E-state index >= 15 is 0 Å². The molecule has 0 radical (unpaired) electrons. The van der Waals surface area contributed by atoms with Crippen LogP contribution in [0.3, 0.4) is 0 Å². The van der Waals surface area contributed by atoms with Gasteiger partial charge >= 0.3 is 12.2 Å². The van der Waals surface area contributed by atoms with Gasteiger partial charge in [0.1, 0.15) is 5.69 Å². The molecule has 2 aromatic heterocycles. The lowest BCUT2D eigenvalue weighted by atomic mass is 10.1. The summed E-state index contributed by atoms with van der Waals surface area (Å²) >= 11 is 0. The third-order valence-electron chi connectivity index (χ3n) is 5.99. The zero-order valence-electron chi connectivity index (χ0n) is 20.5. The summed E-state index contributed by atoms with van der Waals surface area (Å²) in [5, 5.41) is 18.1. The van der Waals surface area contributed by atoms with Gasteiger partial charge in [0.2, 0.25) is 0 Å². The number of alkyl halides is 3. The van der Waals surface area contributed by atoms with Crippen LogP contribution in [0.5, 0.6) is 0 Å². The monoisotopic (exact) mass is 532 g/mol. The average Bonchev–Trinajstić information content (AvgIpc) is 3.54. The summed E-state index contributed by atoms with van der Waals surface area (Å²) in [6.45, 7) is 2.57. The van der Waals surface area contributed by atoms with Gasteiger partial charge in [0, 0.05) is 44.1 Å². The Hall–Kier alpha value is -4.36. The average molecular weight is 533 g/mol. The van der Waals surface area contributed by atoms with Crippen molar-refractivity contribution in [2.24, 2.45) is 0 Å². The first-order valence-electron chi connectivity index (χ1n) is 12.0. The zero-order valence-corrected chi connectivity index (χ0v) is 20.5. The topological polar surface area (TPSA) is 137 Å². The van der Waals surface area contributed by atoms with Crippen molar-refractivity contribution >= 4 is 17.8 Å². The van der Waals surface area contributed by atoms with Crippen molar-refractivity contribution in [1.82, 2.24) is 40.8 Å². The SMILES string of the molecule is Cc1cc(C(=O)NC2CCN(C(=O)NCCNC(=O)c3cn(-c4ccccc4)nc3C(F)(F)F)CC2)n[nH]1. The van der Waals surface area contributed by atoms with Crippen LogP contribution >= 0.6 is 0 Å². The molecule has 3 aromatic rings. The quantitative estimate of drug-likeness (QED) is 0.346. The van der Waals surface area contributed by atoms with E-state index in [-0.39, 0.29) is 31.1 Å². The number of aryl methyl sites for hydroxylation is 1. The molecule has 0 bridgehead atoms. The number of carbonyl (C=O) groups is 3. The summed E-state index contributed by atoms with van der Waals surface area (Å²) < 4.78 is 41.4. The molecule has 202 valence electrons. The molecule has 14 heteroatoms. The van der Waals surface area contributed by atoms with Crippen LogP contribution in [0, 0.1) is 6.92 Å². The number of carbonyl (C=O) groups excluding carboxylic acids is 3. The highest BCUT2D eigenvalue weighted by molar-refractivity contribution is 5.95. The van der Waals surface area contributed by atoms with Crippen LogP contribution in [0.4, 0.5) is 18.0 Å². The second-order valence-corrected chi connectivity index (χ2v) is 8.83. The molecule has 0 saturated carbocycles. The van der Waals surface area contributed by atoms with Crippen LogP contribution in [-0.2, 0) is 6.18 Å². The minimum absolute atomic E-state index is 0.0217. The van der Waals surface area contributed by atoms with Gasteiger partial charge in [0.25, 0.3) is 11.8 Å². The summed E-state index contributed by atoms with van der Waals surface area (Å²) in [5.74, 6) is -1.23. The van der Waals surface area contributed by atoms with Crippen LogP contribution in [0.25, 0.3) is 5.69 Å². The van der Waals surface area contributed by atoms with Gasteiger partial charge in [0.05, 0.1) is 11.3 Å². The van der Waals surface area contributed by atoms with Gasteiger partial charge in [-0.1, -0.05) is 18.2 Å². The largest absolute Gasteiger partial charge is 0.435 e. The van der Waals surface area contributed by atoms with E-state index in [0.29, 0.717) is 37.3 Å². The minimum atomic E-state index is -4.82. The summed E-state index contributed by atoms with van der Waals surface area (Å²) in [4.78, 5) is 38.8. The van der Waals surface area contributed by atoms with E-state index in [1.54, 1.807) is 48.2 Å². The highest BCUT2D eigenvalue weighted by Gasteiger charge is 2.39. The van der Waals surface area contributed by atoms with Crippen molar-refractivity contribution in [2.75, 3.05) is 26.2 Å². The number of aromatic nitrogens is 4. The summed E-state index contributed by atoms with van der Waals surface area (Å²) in [6.07, 6.45) is -2.66. The summed E-state index contributed by atoms with van der Waals surface area (Å²) in [5.41, 5.74) is -0.439. The predicted octanol–water partition coefficient (Wildman–Crippen LogP) is 2.26. The maximum absolute atomic E-state index is 13.5. The molecule has 3 heterocycles. The minimum Gasteiger partial charge on any atom is -0.350 e. The number of para-hydroxylation sites is 1. The number of halogens is 3. The Kier molecular flexibility index (Phi) is 7.98. The molecule has 0 spiro atoms. The standard InChI is InChI=1S/C24H27F3N8O3/c1-15-13-19(32-31-15)22(37)30-16-7-11-34(12-8-16)23(38)29-10-9-28-21(36)18-14-35(17-5-3-2-4-6-17)33-20(18)24(25,26)27/h2-6,13-14,16H,7-12H2,1H3,(H,28,36)(H,29,38)(H,30,37)(H,31,32). The lowest BCUT2D eigenvalue weighted by molar-refractivity contribution is -0.141. The molecule has 1 aromatic carbocycles. The van der Waals surface area contributed by atoms with Crippen LogP contribution in [0.2, 0.25) is 0 Å². The molecule has 4 N–H and O–H groups in total. The van der Waals surface area contributed by atoms with Crippen LogP contribution in [-0.4, -0.2) is 74.9 Å². The Bertz CT molecular complexity index is 1280. The highest BCUT2D eigenvalue weighted by Crippen LogP contribution is 2.31. The lowest BCUT2D eigenvalue weighted by Crippen LogP contribution is -2.50. The molecule has 0 aliphatic carbocycles. The fraction of sp³-hybridized carbons (Fsp3) is 0.375. The molecule has 1 saturated heterocycles. The van der Waals surface area contributed by atoms with Crippen molar-refractivity contribution < 1.29 is 27.6 Å². The predicted molar refractivity (Wildman–Crippen MR) is 130 cm³/mol. The molecular formula is C24H27F3N8O3. The second kappa shape index (κ2) is 11.4. The number of piperidine rings is 1. The molecule has 0 unspecified atom stereocenters. The number of H-pyrrole nitrogens is 1. The molecule has 11 nitrogen and oxygen atoms in total. The highest BCUT2D eigenvalue weighted by atomic mass is 19.4. The van der Waals surface area contributed by atoms with Crippen molar-refractivity contribution in [3.63, 3.8) is 0 Å². The number of hydrogen-bond acceptors (Lipinski definition) is 5. The molecule has 1 aliphatic heterocycles. The molecule has 4 rings (SSSR count). The first-order valence-corrected chi connectivity index (χ1v) is 12.0. The smallest absolute Gasteiger partial charge is 0.350 e. The van der Waals surface area contributed by atoms with Crippen LogP contribution in [0.1, 0.15) is 45.1 Å². The molecule has 1 fully saturated rings. The second-order valence-electron chi connectivity index (χ2n) is 8.83. The van der Waals surface area contributed by atoms with Crippen molar-refractivity contribution in [1.29, 1.82) is 0 Å². The number of benzene rings is 1. The van der Waals surface area contributed by atoms with E-state index in [9.17, 15) is 27.6 Å². The van der Waals surface area contributed by atoms with Crippen molar-refractivity contribution in [3.8, 4) is 5.69 Å². The van der Waals surface area contributed by atoms with Gasteiger partial charge in [-0.25, -0.2) is 9.48 Å². The number of nitrogens with one attached hydrogen (secondary N) is 4. The number of aromatic amines is 1. The number of amides is 4. The normalized spacial score (nSPS) is 14.3. The number of likely N-dealkylation sites (tertiary alicyclic amines) is 1. The molecular weight excluding hydrogens is 505 g/mol.